The van der Waals surface area contributed by atoms with Crippen molar-refractivity contribution in [2.75, 3.05) is 39.3 Å². The number of allylic oxidation sites excluding steroid dienone is 4. The van der Waals surface area contributed by atoms with Crippen LogP contribution in [0.5, 0.6) is 0 Å². The smallest absolute Gasteiger partial charge is 0.410 e. The van der Waals surface area contributed by atoms with Crippen molar-refractivity contribution in [3.05, 3.63) is 36.0 Å². The number of aliphatic hydroxyl groups excluding tert-OH is 1. The highest BCUT2D eigenvalue weighted by Crippen LogP contribution is 2.30. The fourth-order valence-electron chi connectivity index (χ4n) is 7.61. The molecule has 2 N–H and O–H groups in total. The van der Waals surface area contributed by atoms with Crippen molar-refractivity contribution in [3.8, 4) is 0 Å². The molecule has 6 atom stereocenters. The van der Waals surface area contributed by atoms with Crippen LogP contribution >= 0.6 is 0 Å². The summed E-state index contributed by atoms with van der Waals surface area (Å²) in [5.41, 5.74) is -0.896. The lowest BCUT2D eigenvalue weighted by Gasteiger charge is -2.40. The number of hydrogen-bond acceptors (Lipinski definition) is 9. The number of nitrogens with zero attached hydrogens (tertiary/aromatic N) is 3. The lowest BCUT2D eigenvalue weighted by atomic mass is 9.86. The topological polar surface area (TPSA) is 137 Å². The number of aliphatic hydroxyl groups is 2. The monoisotopic (exact) mass is 729 g/mol. The molecule has 0 spiro atoms. The van der Waals surface area contributed by atoms with Crippen LogP contribution in [0.25, 0.3) is 0 Å². The van der Waals surface area contributed by atoms with Gasteiger partial charge in [-0.05, 0) is 78.2 Å². The zero-order valence-corrected chi connectivity index (χ0v) is 32.7. The minimum atomic E-state index is -1.54. The first-order valence-corrected chi connectivity index (χ1v) is 19.6. The Morgan fingerprint density at radius 2 is 1.62 bits per heavy atom. The summed E-state index contributed by atoms with van der Waals surface area (Å²) in [6.07, 6.45) is 17.6. The second-order valence-corrected chi connectivity index (χ2v) is 16.2. The molecule has 11 heteroatoms. The van der Waals surface area contributed by atoms with Crippen molar-refractivity contribution >= 4 is 24.8 Å². The molecule has 3 rings (SSSR count). The molecule has 0 aromatic rings. The van der Waals surface area contributed by atoms with Gasteiger partial charge in [0, 0.05) is 62.6 Å². The van der Waals surface area contributed by atoms with Crippen molar-refractivity contribution in [1.29, 1.82) is 0 Å². The molecule has 2 aliphatic heterocycles. The number of hydrogen-bond donors (Lipinski definition) is 2. The summed E-state index contributed by atoms with van der Waals surface area (Å²) in [6.45, 7) is 15.0. The van der Waals surface area contributed by atoms with Crippen LogP contribution in [0.3, 0.4) is 0 Å². The van der Waals surface area contributed by atoms with Gasteiger partial charge < -0.3 is 39.1 Å². The summed E-state index contributed by atoms with van der Waals surface area (Å²) in [6, 6.07) is 0.565. The first-order valence-electron chi connectivity index (χ1n) is 19.6. The Hall–Kier alpha value is -3.02. The zero-order chi connectivity index (χ0) is 38.3. The van der Waals surface area contributed by atoms with Gasteiger partial charge in [0.2, 0.25) is 0 Å². The SMILES string of the molecule is C/C(=C\C=C\[C@@H](C)COC(=O)N1CCCC1(C)C)[C@@H](C=O)[C@@H](C)/C=C/[C@H](OC(=O)N1CCN(C2CCCCCC2)CC1)[C@@](C)(O)CC[C@H](O)CC=O. The maximum Gasteiger partial charge on any atom is 0.410 e. The van der Waals surface area contributed by atoms with Gasteiger partial charge in [-0.25, -0.2) is 9.59 Å². The standard InChI is InChI=1S/C41H67N3O8/c1-31(30-51-39(49)44-23-12-21-40(44,4)5)13-11-14-32(2)36(29-46)33(3)17-18-37(41(6,50)22-19-35(47)20-28-45)52-38(48)43-26-24-42(25-27-43)34-15-9-7-8-10-16-34/h11,13-14,17-18,28-29,31,33-37,47,50H,7-10,12,15-16,19-27,30H2,1-6H3/b13-11+,18-17+,32-14+/t31-,33+,35+,36-,37+,41+/m1/s1. The molecule has 52 heavy (non-hydrogen) atoms. The van der Waals surface area contributed by atoms with E-state index in [1.807, 2.05) is 39.0 Å². The number of likely N-dealkylation sites (tertiary alicyclic amines) is 1. The molecule has 2 heterocycles. The van der Waals surface area contributed by atoms with Gasteiger partial charge >= 0.3 is 12.2 Å². The van der Waals surface area contributed by atoms with Crippen LogP contribution in [0.2, 0.25) is 0 Å². The molecule has 1 saturated carbocycles. The maximum absolute atomic E-state index is 13.5. The first kappa shape index (κ1) is 43.4. The summed E-state index contributed by atoms with van der Waals surface area (Å²) < 4.78 is 11.5. The summed E-state index contributed by atoms with van der Waals surface area (Å²) in [7, 11) is 0. The average molecular weight is 730 g/mol. The quantitative estimate of drug-likeness (QED) is 0.0747. The van der Waals surface area contributed by atoms with Crippen LogP contribution in [0, 0.1) is 17.8 Å². The molecule has 294 valence electrons. The highest BCUT2D eigenvalue weighted by atomic mass is 16.6. The Bertz CT molecular complexity index is 1230. The van der Waals surface area contributed by atoms with Crippen molar-refractivity contribution in [3.63, 3.8) is 0 Å². The molecule has 3 fully saturated rings. The predicted octanol–water partition coefficient (Wildman–Crippen LogP) is 6.47. The minimum Gasteiger partial charge on any atom is -0.449 e. The maximum atomic E-state index is 13.5. The van der Waals surface area contributed by atoms with E-state index in [1.165, 1.54) is 38.5 Å². The summed E-state index contributed by atoms with van der Waals surface area (Å²) in [5.74, 6) is -0.780. The van der Waals surface area contributed by atoms with Crippen LogP contribution in [0.15, 0.2) is 36.0 Å². The Morgan fingerprint density at radius 3 is 2.21 bits per heavy atom. The third kappa shape index (κ3) is 13.4. The lowest BCUT2D eigenvalue weighted by Crippen LogP contribution is -2.53. The molecular formula is C41H67N3O8. The molecule has 3 aliphatic rings. The Kier molecular flexibility index (Phi) is 17.5. The fourth-order valence-corrected chi connectivity index (χ4v) is 7.61. The number of carbonyl (C=O) groups is 4. The van der Waals surface area contributed by atoms with Crippen LogP contribution < -0.4 is 0 Å². The van der Waals surface area contributed by atoms with Gasteiger partial charge in [0.25, 0.3) is 0 Å². The molecule has 0 aromatic carbocycles. The van der Waals surface area contributed by atoms with E-state index in [1.54, 1.807) is 28.9 Å². The van der Waals surface area contributed by atoms with E-state index in [0.29, 0.717) is 32.0 Å². The molecule has 2 saturated heterocycles. The summed E-state index contributed by atoms with van der Waals surface area (Å²) >= 11 is 0. The Balaban J connectivity index is 1.63. The average Bonchev–Trinajstić information content (AvgIpc) is 3.27. The van der Waals surface area contributed by atoms with Crippen molar-refractivity contribution in [2.24, 2.45) is 17.8 Å². The minimum absolute atomic E-state index is 0.0202. The summed E-state index contributed by atoms with van der Waals surface area (Å²) in [5, 5.41) is 21.7. The molecule has 2 amide bonds. The van der Waals surface area contributed by atoms with E-state index in [-0.39, 0.29) is 49.3 Å². The van der Waals surface area contributed by atoms with E-state index in [0.717, 1.165) is 37.8 Å². The van der Waals surface area contributed by atoms with E-state index in [2.05, 4.69) is 18.7 Å². The van der Waals surface area contributed by atoms with Gasteiger partial charge in [-0.2, -0.15) is 0 Å². The van der Waals surface area contributed by atoms with Crippen LogP contribution in [0.1, 0.15) is 112 Å². The third-order valence-electron chi connectivity index (χ3n) is 11.3. The first-order chi connectivity index (χ1) is 24.7. The third-order valence-corrected chi connectivity index (χ3v) is 11.3. The van der Waals surface area contributed by atoms with Gasteiger partial charge in [0.05, 0.1) is 12.7 Å². The number of amides is 2. The molecule has 0 aromatic heterocycles. The number of ether oxygens (including phenoxy) is 2. The number of carbonyl (C=O) groups excluding carboxylic acids is 4. The van der Waals surface area contributed by atoms with Gasteiger partial charge in [0.15, 0.2) is 6.10 Å². The van der Waals surface area contributed by atoms with Gasteiger partial charge in [-0.1, -0.05) is 69.4 Å². The van der Waals surface area contributed by atoms with Gasteiger partial charge in [-0.3, -0.25) is 4.90 Å². The normalized spacial score (nSPS) is 23.4. The highest BCUT2D eigenvalue weighted by molar-refractivity contribution is 5.69. The second kappa shape index (κ2) is 21.0. The van der Waals surface area contributed by atoms with E-state index >= 15 is 0 Å². The molecule has 0 unspecified atom stereocenters. The predicted molar refractivity (Wildman–Crippen MR) is 203 cm³/mol. The van der Waals surface area contributed by atoms with Crippen molar-refractivity contribution in [2.45, 2.75) is 142 Å². The van der Waals surface area contributed by atoms with E-state index in [4.69, 9.17) is 9.47 Å². The molecule has 1 aliphatic carbocycles. The van der Waals surface area contributed by atoms with Crippen LogP contribution in [-0.4, -0.2) is 118 Å². The van der Waals surface area contributed by atoms with E-state index in [9.17, 15) is 29.4 Å². The Labute approximate surface area is 312 Å². The van der Waals surface area contributed by atoms with Gasteiger partial charge in [0.1, 0.15) is 18.2 Å². The van der Waals surface area contributed by atoms with Gasteiger partial charge in [-0.15, -0.1) is 0 Å². The highest BCUT2D eigenvalue weighted by Gasteiger charge is 2.37. The number of aldehydes is 2. The van der Waals surface area contributed by atoms with Crippen LogP contribution in [-0.2, 0) is 19.1 Å². The van der Waals surface area contributed by atoms with Crippen molar-refractivity contribution < 1.29 is 38.9 Å². The largest absolute Gasteiger partial charge is 0.449 e. The number of rotatable bonds is 17. The lowest BCUT2D eigenvalue weighted by molar-refractivity contribution is -0.111. The molecular weight excluding hydrogens is 662 g/mol. The zero-order valence-electron chi connectivity index (χ0n) is 32.7. The second-order valence-electron chi connectivity index (χ2n) is 16.2. The fraction of sp³-hybridized carbons (Fsp3) is 0.756. The molecule has 0 radical (unpaired) electrons. The van der Waals surface area contributed by atoms with Crippen LogP contribution in [0.4, 0.5) is 9.59 Å². The summed E-state index contributed by atoms with van der Waals surface area (Å²) in [4.78, 5) is 55.2. The number of piperazine rings is 1. The van der Waals surface area contributed by atoms with Crippen molar-refractivity contribution in [1.82, 2.24) is 14.7 Å². The molecule has 11 nitrogen and oxygen atoms in total. The van der Waals surface area contributed by atoms with E-state index < -0.39 is 29.8 Å². The Morgan fingerprint density at radius 1 is 0.942 bits per heavy atom. The molecule has 0 bridgehead atoms.